The standard InChI is InChI=1S/C14H18N2O2S/c1-9(2)7-19-8-12-15-14(18-16-12)11-6-4-5-10(3)13(11)17/h4-6,9,17H,7-8H2,1-3H3. The lowest BCUT2D eigenvalue weighted by molar-refractivity contribution is 0.419. The summed E-state index contributed by atoms with van der Waals surface area (Å²) in [5.41, 5.74) is 1.39. The van der Waals surface area contributed by atoms with Crippen LogP contribution >= 0.6 is 11.8 Å². The van der Waals surface area contributed by atoms with Crippen molar-refractivity contribution in [3.63, 3.8) is 0 Å². The van der Waals surface area contributed by atoms with Gasteiger partial charge < -0.3 is 9.63 Å². The number of phenolic OH excluding ortho intramolecular Hbond substituents is 1. The Bertz CT molecular complexity index is 552. The van der Waals surface area contributed by atoms with Crippen molar-refractivity contribution in [2.75, 3.05) is 5.75 Å². The number of nitrogens with zero attached hydrogens (tertiary/aromatic N) is 2. The molecule has 5 heteroatoms. The summed E-state index contributed by atoms with van der Waals surface area (Å²) in [6, 6.07) is 5.48. The van der Waals surface area contributed by atoms with Crippen LogP contribution in [-0.4, -0.2) is 21.0 Å². The molecular weight excluding hydrogens is 260 g/mol. The normalized spacial score (nSPS) is 11.2. The molecule has 0 amide bonds. The van der Waals surface area contributed by atoms with Gasteiger partial charge in [0.2, 0.25) is 0 Å². The third kappa shape index (κ3) is 3.50. The lowest BCUT2D eigenvalue weighted by atomic mass is 10.1. The summed E-state index contributed by atoms with van der Waals surface area (Å²) in [7, 11) is 0. The summed E-state index contributed by atoms with van der Waals surface area (Å²) in [6.07, 6.45) is 0. The van der Waals surface area contributed by atoms with Gasteiger partial charge in [0.1, 0.15) is 5.75 Å². The van der Waals surface area contributed by atoms with Crippen LogP contribution in [0.25, 0.3) is 11.5 Å². The van der Waals surface area contributed by atoms with E-state index < -0.39 is 0 Å². The van der Waals surface area contributed by atoms with E-state index in [1.807, 2.05) is 19.1 Å². The lowest BCUT2D eigenvalue weighted by Gasteiger charge is -2.02. The fourth-order valence-electron chi connectivity index (χ4n) is 1.64. The van der Waals surface area contributed by atoms with E-state index in [1.165, 1.54) is 0 Å². The maximum atomic E-state index is 9.98. The van der Waals surface area contributed by atoms with Crippen molar-refractivity contribution in [1.82, 2.24) is 10.1 Å². The number of aryl methyl sites for hydroxylation is 1. The highest BCUT2D eigenvalue weighted by Crippen LogP contribution is 2.30. The Morgan fingerprint density at radius 3 is 2.89 bits per heavy atom. The minimum absolute atomic E-state index is 0.201. The molecule has 19 heavy (non-hydrogen) atoms. The molecule has 0 aliphatic heterocycles. The van der Waals surface area contributed by atoms with E-state index in [-0.39, 0.29) is 5.75 Å². The molecule has 0 saturated heterocycles. The molecule has 0 atom stereocenters. The molecular formula is C14H18N2O2S. The number of thioether (sulfide) groups is 1. The molecule has 0 aliphatic carbocycles. The van der Waals surface area contributed by atoms with Gasteiger partial charge in [0, 0.05) is 0 Å². The van der Waals surface area contributed by atoms with Crippen LogP contribution in [0.15, 0.2) is 22.7 Å². The van der Waals surface area contributed by atoms with Crippen molar-refractivity contribution in [3.05, 3.63) is 29.6 Å². The van der Waals surface area contributed by atoms with Gasteiger partial charge in [-0.15, -0.1) is 0 Å². The second kappa shape index (κ2) is 6.10. The third-order valence-electron chi connectivity index (χ3n) is 2.62. The molecule has 0 fully saturated rings. The smallest absolute Gasteiger partial charge is 0.261 e. The highest BCUT2D eigenvalue weighted by Gasteiger charge is 2.13. The number of hydrogen-bond acceptors (Lipinski definition) is 5. The Hall–Kier alpha value is -1.49. The van der Waals surface area contributed by atoms with E-state index in [0.29, 0.717) is 23.2 Å². The van der Waals surface area contributed by atoms with E-state index in [4.69, 9.17) is 4.52 Å². The van der Waals surface area contributed by atoms with Crippen LogP contribution in [0.4, 0.5) is 0 Å². The van der Waals surface area contributed by atoms with Crippen LogP contribution in [0.5, 0.6) is 5.75 Å². The molecule has 0 aliphatic rings. The van der Waals surface area contributed by atoms with Gasteiger partial charge in [-0.25, -0.2) is 0 Å². The summed E-state index contributed by atoms with van der Waals surface area (Å²) in [6.45, 7) is 6.20. The first-order valence-electron chi connectivity index (χ1n) is 6.27. The number of aromatic nitrogens is 2. The fraction of sp³-hybridized carbons (Fsp3) is 0.429. The second-order valence-electron chi connectivity index (χ2n) is 4.90. The maximum absolute atomic E-state index is 9.98. The van der Waals surface area contributed by atoms with Gasteiger partial charge in [-0.05, 0) is 30.2 Å². The predicted molar refractivity (Wildman–Crippen MR) is 77.1 cm³/mol. The van der Waals surface area contributed by atoms with Crippen molar-refractivity contribution in [2.24, 2.45) is 5.92 Å². The van der Waals surface area contributed by atoms with Gasteiger partial charge in [0.25, 0.3) is 5.89 Å². The SMILES string of the molecule is Cc1cccc(-c2nc(CSCC(C)C)no2)c1O. The van der Waals surface area contributed by atoms with Gasteiger partial charge in [-0.3, -0.25) is 0 Å². The Morgan fingerprint density at radius 1 is 1.37 bits per heavy atom. The van der Waals surface area contributed by atoms with Crippen molar-refractivity contribution in [1.29, 1.82) is 0 Å². The molecule has 4 nitrogen and oxygen atoms in total. The molecule has 0 unspecified atom stereocenters. The van der Waals surface area contributed by atoms with Crippen LogP contribution in [0.1, 0.15) is 25.2 Å². The summed E-state index contributed by atoms with van der Waals surface area (Å²) in [5.74, 6) is 3.70. The van der Waals surface area contributed by atoms with Gasteiger partial charge in [0.05, 0.1) is 11.3 Å². The third-order valence-corrected chi connectivity index (χ3v) is 3.98. The number of phenols is 1. The van der Waals surface area contributed by atoms with E-state index in [1.54, 1.807) is 17.8 Å². The van der Waals surface area contributed by atoms with Crippen LogP contribution in [0.2, 0.25) is 0 Å². The minimum atomic E-state index is 0.201. The Balaban J connectivity index is 2.10. The summed E-state index contributed by atoms with van der Waals surface area (Å²) < 4.78 is 5.21. The summed E-state index contributed by atoms with van der Waals surface area (Å²) >= 11 is 1.78. The van der Waals surface area contributed by atoms with Crippen LogP contribution in [0, 0.1) is 12.8 Å². The molecule has 102 valence electrons. The topological polar surface area (TPSA) is 59.2 Å². The quantitative estimate of drug-likeness (QED) is 0.904. The Kier molecular flexibility index (Phi) is 4.47. The van der Waals surface area contributed by atoms with Gasteiger partial charge in [-0.1, -0.05) is 31.1 Å². The first-order chi connectivity index (χ1) is 9.08. The fourth-order valence-corrected chi connectivity index (χ4v) is 2.53. The van der Waals surface area contributed by atoms with Crippen molar-refractivity contribution < 1.29 is 9.63 Å². The van der Waals surface area contributed by atoms with Gasteiger partial charge in [-0.2, -0.15) is 16.7 Å². The Morgan fingerprint density at radius 2 is 2.16 bits per heavy atom. The van der Waals surface area contributed by atoms with Gasteiger partial charge >= 0.3 is 0 Å². The van der Waals surface area contributed by atoms with Crippen LogP contribution < -0.4 is 0 Å². The first-order valence-corrected chi connectivity index (χ1v) is 7.42. The van der Waals surface area contributed by atoms with E-state index >= 15 is 0 Å². The highest BCUT2D eigenvalue weighted by atomic mass is 32.2. The molecule has 0 saturated carbocycles. The van der Waals surface area contributed by atoms with E-state index in [0.717, 1.165) is 17.1 Å². The molecule has 2 aromatic rings. The Labute approximate surface area is 117 Å². The van der Waals surface area contributed by atoms with Crippen molar-refractivity contribution in [2.45, 2.75) is 26.5 Å². The minimum Gasteiger partial charge on any atom is -0.507 e. The van der Waals surface area contributed by atoms with E-state index in [9.17, 15) is 5.11 Å². The molecule has 1 aromatic carbocycles. The molecule has 2 rings (SSSR count). The molecule has 1 N–H and O–H groups in total. The van der Waals surface area contributed by atoms with Crippen LogP contribution in [0.3, 0.4) is 0 Å². The number of hydrogen-bond donors (Lipinski definition) is 1. The zero-order valence-corrected chi connectivity index (χ0v) is 12.2. The monoisotopic (exact) mass is 278 g/mol. The zero-order valence-electron chi connectivity index (χ0n) is 11.4. The molecule has 1 aromatic heterocycles. The molecule has 1 heterocycles. The molecule has 0 radical (unpaired) electrons. The van der Waals surface area contributed by atoms with Gasteiger partial charge in [0.15, 0.2) is 5.82 Å². The molecule has 0 bridgehead atoms. The van der Waals surface area contributed by atoms with Crippen LogP contribution in [-0.2, 0) is 5.75 Å². The number of aromatic hydroxyl groups is 1. The summed E-state index contributed by atoms with van der Waals surface area (Å²) in [5, 5.41) is 13.9. The predicted octanol–water partition coefficient (Wildman–Crippen LogP) is 3.64. The summed E-state index contributed by atoms with van der Waals surface area (Å²) in [4.78, 5) is 4.32. The average Bonchev–Trinajstić information content (AvgIpc) is 2.81. The zero-order chi connectivity index (χ0) is 13.8. The number of para-hydroxylation sites is 1. The maximum Gasteiger partial charge on any atom is 0.261 e. The van der Waals surface area contributed by atoms with Crippen molar-refractivity contribution in [3.8, 4) is 17.2 Å². The number of benzene rings is 1. The second-order valence-corrected chi connectivity index (χ2v) is 5.93. The first kappa shape index (κ1) is 13.9. The number of rotatable bonds is 5. The lowest BCUT2D eigenvalue weighted by Crippen LogP contribution is -1.92. The average molecular weight is 278 g/mol. The van der Waals surface area contributed by atoms with Crippen molar-refractivity contribution >= 4 is 11.8 Å². The largest absolute Gasteiger partial charge is 0.507 e. The molecule has 0 spiro atoms. The van der Waals surface area contributed by atoms with E-state index in [2.05, 4.69) is 24.0 Å². The highest BCUT2D eigenvalue weighted by molar-refractivity contribution is 7.98.